The summed E-state index contributed by atoms with van der Waals surface area (Å²) in [6, 6.07) is 14.2. The first-order valence-electron chi connectivity index (χ1n) is 6.16. The second kappa shape index (κ2) is 7.10. The van der Waals surface area contributed by atoms with Crippen LogP contribution in [0.1, 0.15) is 5.56 Å². The highest BCUT2D eigenvalue weighted by Crippen LogP contribution is 2.14. The summed E-state index contributed by atoms with van der Waals surface area (Å²) in [4.78, 5) is 11.8. The molecule has 0 aliphatic heterocycles. The van der Waals surface area contributed by atoms with Crippen LogP contribution in [0.4, 0.5) is 21.9 Å². The molecule has 0 atom stereocenters. The van der Waals surface area contributed by atoms with Crippen LogP contribution in [0.15, 0.2) is 48.5 Å². The second-order valence-corrected chi connectivity index (χ2v) is 4.95. The van der Waals surface area contributed by atoms with Crippen LogP contribution in [0.25, 0.3) is 0 Å². The molecular formula is C14H12N4O3S. The summed E-state index contributed by atoms with van der Waals surface area (Å²) in [6.07, 6.45) is 0. The molecule has 0 aromatic heterocycles. The Hall–Kier alpha value is -3.05. The average molecular weight is 316 g/mol. The lowest BCUT2D eigenvalue weighted by Crippen LogP contribution is -2.19. The van der Waals surface area contributed by atoms with Crippen LogP contribution in [0, 0.1) is 11.3 Å². The van der Waals surface area contributed by atoms with Crippen molar-refractivity contribution in [1.82, 2.24) is 0 Å². The molecule has 0 saturated heterocycles. The van der Waals surface area contributed by atoms with Gasteiger partial charge in [-0.05, 0) is 48.5 Å². The molecule has 112 valence electrons. The normalized spacial score (nSPS) is 9.82. The number of hydrogen-bond donors (Lipinski definition) is 4. The Morgan fingerprint density at radius 2 is 1.32 bits per heavy atom. The highest BCUT2D eigenvalue weighted by Gasteiger charge is 2.03. The molecule has 7 nitrogen and oxygen atoms in total. The summed E-state index contributed by atoms with van der Waals surface area (Å²) in [5, 5.41) is 13.9. The van der Waals surface area contributed by atoms with Gasteiger partial charge in [-0.3, -0.25) is 4.72 Å². The predicted octanol–water partition coefficient (Wildman–Crippen LogP) is 2.14. The quantitative estimate of drug-likeness (QED) is 0.647. The summed E-state index contributed by atoms with van der Waals surface area (Å²) in [5.74, 6) is 0. The first-order valence-corrected chi connectivity index (χ1v) is 7.34. The molecule has 0 fully saturated rings. The van der Waals surface area contributed by atoms with Gasteiger partial charge in [0.05, 0.1) is 11.6 Å². The molecule has 2 amide bonds. The molecule has 0 radical (unpaired) electrons. The summed E-state index contributed by atoms with van der Waals surface area (Å²) in [6.45, 7) is 0. The van der Waals surface area contributed by atoms with Crippen LogP contribution < -0.4 is 15.4 Å². The van der Waals surface area contributed by atoms with Gasteiger partial charge in [0, 0.05) is 17.1 Å². The smallest absolute Gasteiger partial charge is 0.308 e. The van der Waals surface area contributed by atoms with E-state index >= 15 is 0 Å². The van der Waals surface area contributed by atoms with Gasteiger partial charge in [-0.1, -0.05) is 0 Å². The maximum atomic E-state index is 11.8. The van der Waals surface area contributed by atoms with Crippen LogP contribution in [-0.4, -0.2) is 14.4 Å². The molecule has 0 aliphatic carbocycles. The third-order valence-corrected chi connectivity index (χ3v) is 3.08. The molecule has 8 heteroatoms. The van der Waals surface area contributed by atoms with Crippen molar-refractivity contribution in [2.24, 2.45) is 0 Å². The van der Waals surface area contributed by atoms with Gasteiger partial charge in [-0.15, -0.1) is 0 Å². The van der Waals surface area contributed by atoms with Gasteiger partial charge in [0.15, 0.2) is 0 Å². The monoisotopic (exact) mass is 316 g/mol. The second-order valence-electron chi connectivity index (χ2n) is 4.21. The zero-order valence-corrected chi connectivity index (χ0v) is 12.1. The minimum absolute atomic E-state index is 0.411. The van der Waals surface area contributed by atoms with Crippen molar-refractivity contribution in [2.45, 2.75) is 0 Å². The van der Waals surface area contributed by atoms with Gasteiger partial charge in [-0.25, -0.2) is 13.2 Å². The number of carbonyl (C=O) groups is 1. The van der Waals surface area contributed by atoms with Crippen LogP contribution in [0.2, 0.25) is 0 Å². The summed E-state index contributed by atoms with van der Waals surface area (Å²) in [7, 11) is -2.71. The van der Waals surface area contributed by atoms with E-state index in [-0.39, 0.29) is 0 Å². The Balaban J connectivity index is 1.95. The van der Waals surface area contributed by atoms with Crippen molar-refractivity contribution in [1.29, 1.82) is 5.26 Å². The fraction of sp³-hybridized carbons (Fsp3) is 0. The van der Waals surface area contributed by atoms with E-state index in [1.165, 1.54) is 12.1 Å². The zero-order valence-electron chi connectivity index (χ0n) is 11.2. The number of anilines is 3. The van der Waals surface area contributed by atoms with Gasteiger partial charge < -0.3 is 10.6 Å². The fourth-order valence-corrected chi connectivity index (χ4v) is 2.01. The Labute approximate surface area is 128 Å². The number of carbonyl (C=O) groups excluding carboxylic acids is 1. The molecule has 0 aliphatic rings. The topological polar surface area (TPSA) is 111 Å². The summed E-state index contributed by atoms with van der Waals surface area (Å²) in [5.41, 5.74) is 1.98. The highest BCUT2D eigenvalue weighted by molar-refractivity contribution is 7.73. The van der Waals surface area contributed by atoms with Gasteiger partial charge >= 0.3 is 6.03 Å². The molecule has 3 N–H and O–H groups in total. The van der Waals surface area contributed by atoms with E-state index in [0.29, 0.717) is 22.6 Å². The number of nitrogens with one attached hydrogen (secondary N) is 3. The number of amides is 2. The molecule has 22 heavy (non-hydrogen) atoms. The summed E-state index contributed by atoms with van der Waals surface area (Å²) < 4.78 is 23.2. The SMILES string of the molecule is N#Cc1ccc(NC(=O)Nc2ccc(N[SH](=O)=O)cc2)cc1. The van der Waals surface area contributed by atoms with Crippen molar-refractivity contribution in [3.63, 3.8) is 0 Å². The van der Waals surface area contributed by atoms with Gasteiger partial charge in [0.2, 0.25) is 10.9 Å². The molecule has 2 aromatic rings. The Bertz CT molecular complexity index is 769. The Kier molecular flexibility index (Phi) is 4.95. The van der Waals surface area contributed by atoms with Crippen LogP contribution in [0.5, 0.6) is 0 Å². The lowest BCUT2D eigenvalue weighted by molar-refractivity contribution is 0.262. The number of benzene rings is 2. The third-order valence-electron chi connectivity index (χ3n) is 2.64. The maximum Gasteiger partial charge on any atom is 0.323 e. The van der Waals surface area contributed by atoms with E-state index in [2.05, 4.69) is 15.4 Å². The van der Waals surface area contributed by atoms with E-state index < -0.39 is 16.9 Å². The number of urea groups is 1. The van der Waals surface area contributed by atoms with E-state index in [1.807, 2.05) is 6.07 Å². The highest BCUT2D eigenvalue weighted by atomic mass is 32.2. The number of hydrogen-bond acceptors (Lipinski definition) is 4. The summed E-state index contributed by atoms with van der Waals surface area (Å²) >= 11 is 0. The average Bonchev–Trinajstić information content (AvgIpc) is 2.49. The van der Waals surface area contributed by atoms with E-state index in [9.17, 15) is 13.2 Å². The largest absolute Gasteiger partial charge is 0.323 e. The van der Waals surface area contributed by atoms with Gasteiger partial charge in [0.25, 0.3) is 0 Å². The number of thiol groups is 1. The number of nitriles is 1. The first kappa shape index (κ1) is 15.3. The molecule has 0 saturated carbocycles. The minimum atomic E-state index is -2.71. The third kappa shape index (κ3) is 4.50. The molecule has 0 unspecified atom stereocenters. The molecule has 2 rings (SSSR count). The Morgan fingerprint density at radius 1 is 0.864 bits per heavy atom. The van der Waals surface area contributed by atoms with Crippen molar-refractivity contribution < 1.29 is 13.2 Å². The van der Waals surface area contributed by atoms with Crippen molar-refractivity contribution in [3.05, 3.63) is 54.1 Å². The molecular weight excluding hydrogens is 304 g/mol. The standard InChI is InChI=1S/C14H12N4O3S/c15-9-10-1-3-11(4-2-10)16-14(19)17-12-5-7-13(8-6-12)18-22(20)21/h1-8,22H,(H2,16,17,19)(H,18,20,21). The van der Waals surface area contributed by atoms with Gasteiger partial charge in [0.1, 0.15) is 0 Å². The first-order chi connectivity index (χ1) is 10.6. The van der Waals surface area contributed by atoms with E-state index in [0.717, 1.165) is 0 Å². The molecule has 2 aromatic carbocycles. The maximum absolute atomic E-state index is 11.8. The Morgan fingerprint density at radius 3 is 1.77 bits per heavy atom. The fourth-order valence-electron chi connectivity index (χ4n) is 1.66. The zero-order chi connectivity index (χ0) is 15.9. The van der Waals surface area contributed by atoms with Crippen molar-refractivity contribution >= 4 is 34.0 Å². The lowest BCUT2D eigenvalue weighted by Gasteiger charge is -2.08. The number of rotatable bonds is 4. The van der Waals surface area contributed by atoms with Crippen LogP contribution in [-0.2, 0) is 10.9 Å². The van der Waals surface area contributed by atoms with E-state index in [4.69, 9.17) is 5.26 Å². The minimum Gasteiger partial charge on any atom is -0.308 e. The van der Waals surface area contributed by atoms with E-state index in [1.54, 1.807) is 36.4 Å². The molecule has 0 spiro atoms. The molecule has 0 heterocycles. The van der Waals surface area contributed by atoms with Crippen LogP contribution in [0.3, 0.4) is 0 Å². The predicted molar refractivity (Wildman–Crippen MR) is 84.2 cm³/mol. The van der Waals surface area contributed by atoms with Gasteiger partial charge in [-0.2, -0.15) is 5.26 Å². The van der Waals surface area contributed by atoms with Crippen molar-refractivity contribution in [3.8, 4) is 6.07 Å². The lowest BCUT2D eigenvalue weighted by atomic mass is 10.2. The number of nitrogens with zero attached hydrogens (tertiary/aromatic N) is 1. The van der Waals surface area contributed by atoms with Crippen LogP contribution >= 0.6 is 0 Å². The van der Waals surface area contributed by atoms with Crippen molar-refractivity contribution in [2.75, 3.05) is 15.4 Å². The molecule has 0 bridgehead atoms.